The van der Waals surface area contributed by atoms with Gasteiger partial charge >= 0.3 is 5.69 Å². The number of carbonyl (C=O) groups excluding carboxylic acids is 1. The number of rotatable bonds is 6. The van der Waals surface area contributed by atoms with Crippen LogP contribution >= 0.6 is 0 Å². The summed E-state index contributed by atoms with van der Waals surface area (Å²) in [5.41, 5.74) is -0.502. The minimum atomic E-state index is -0.584. The van der Waals surface area contributed by atoms with Crippen molar-refractivity contribution in [1.82, 2.24) is 30.0 Å². The van der Waals surface area contributed by atoms with E-state index in [4.69, 9.17) is 0 Å². The maximum Gasteiger partial charge on any atom is 0.325 e. The van der Waals surface area contributed by atoms with Crippen molar-refractivity contribution in [3.8, 4) is 0 Å². The summed E-state index contributed by atoms with van der Waals surface area (Å²) in [5, 5.41) is 6.95. The van der Waals surface area contributed by atoms with Gasteiger partial charge in [-0.25, -0.2) is 14.5 Å². The van der Waals surface area contributed by atoms with Crippen molar-refractivity contribution >= 4 is 5.91 Å². The maximum absolute atomic E-state index is 12.3. The molecule has 0 saturated heterocycles. The molecule has 3 N–H and O–H groups in total. The van der Waals surface area contributed by atoms with Crippen molar-refractivity contribution in [1.29, 1.82) is 0 Å². The second-order valence-corrected chi connectivity index (χ2v) is 5.15. The number of aromatic amines is 2. The van der Waals surface area contributed by atoms with Crippen LogP contribution < -0.4 is 16.6 Å². The zero-order chi connectivity index (χ0) is 17.0. The standard InChI is InChI=1S/C14H20N6O3/c1-4-10(12-15-7-16-20(12)5-2)18-11(21)6-9-8(3)17-14(23)19-13(9)22/h7,10H,4-6H2,1-3H3,(H,18,21)(H2,17,19,22,23)/t10-/m0/s1. The summed E-state index contributed by atoms with van der Waals surface area (Å²) in [7, 11) is 0. The molecule has 9 nitrogen and oxygen atoms in total. The Morgan fingerprint density at radius 2 is 2.09 bits per heavy atom. The molecule has 0 fully saturated rings. The molecule has 0 spiro atoms. The number of aryl methyl sites for hydroxylation is 2. The molecule has 9 heteroatoms. The second-order valence-electron chi connectivity index (χ2n) is 5.15. The topological polar surface area (TPSA) is 126 Å². The lowest BCUT2D eigenvalue weighted by Crippen LogP contribution is -2.35. The first kappa shape index (κ1) is 16.7. The average Bonchev–Trinajstić information content (AvgIpc) is 2.96. The van der Waals surface area contributed by atoms with E-state index in [1.165, 1.54) is 6.33 Å². The van der Waals surface area contributed by atoms with Crippen LogP contribution in [0.3, 0.4) is 0 Å². The Labute approximate surface area is 132 Å². The molecule has 0 saturated carbocycles. The fraction of sp³-hybridized carbons (Fsp3) is 0.500. The van der Waals surface area contributed by atoms with Crippen LogP contribution in [0.2, 0.25) is 0 Å². The summed E-state index contributed by atoms with van der Waals surface area (Å²) in [6.07, 6.45) is 1.98. The van der Waals surface area contributed by atoms with Crippen LogP contribution in [0.4, 0.5) is 0 Å². The van der Waals surface area contributed by atoms with E-state index in [0.29, 0.717) is 24.5 Å². The van der Waals surface area contributed by atoms with Crippen LogP contribution in [0.15, 0.2) is 15.9 Å². The number of amides is 1. The predicted molar refractivity (Wildman–Crippen MR) is 83.0 cm³/mol. The van der Waals surface area contributed by atoms with Gasteiger partial charge in [0, 0.05) is 17.8 Å². The van der Waals surface area contributed by atoms with Crippen molar-refractivity contribution in [2.75, 3.05) is 0 Å². The Balaban J connectivity index is 2.15. The summed E-state index contributed by atoms with van der Waals surface area (Å²) >= 11 is 0. The zero-order valence-corrected chi connectivity index (χ0v) is 13.3. The van der Waals surface area contributed by atoms with E-state index < -0.39 is 11.2 Å². The van der Waals surface area contributed by atoms with Gasteiger partial charge in [0.05, 0.1) is 12.5 Å². The Kier molecular flexibility index (Phi) is 5.09. The van der Waals surface area contributed by atoms with Gasteiger partial charge in [0.15, 0.2) is 0 Å². The van der Waals surface area contributed by atoms with Gasteiger partial charge in [-0.05, 0) is 20.3 Å². The molecular formula is C14H20N6O3. The first-order valence-electron chi connectivity index (χ1n) is 7.45. The van der Waals surface area contributed by atoms with Gasteiger partial charge < -0.3 is 10.3 Å². The van der Waals surface area contributed by atoms with Crippen LogP contribution in [-0.2, 0) is 17.8 Å². The van der Waals surface area contributed by atoms with Crippen LogP contribution in [0.1, 0.15) is 43.4 Å². The van der Waals surface area contributed by atoms with Crippen LogP contribution in [0.5, 0.6) is 0 Å². The van der Waals surface area contributed by atoms with Gasteiger partial charge in [0.1, 0.15) is 12.2 Å². The van der Waals surface area contributed by atoms with Crippen molar-refractivity contribution in [2.24, 2.45) is 0 Å². The molecule has 23 heavy (non-hydrogen) atoms. The van der Waals surface area contributed by atoms with Crippen LogP contribution in [-0.4, -0.2) is 30.6 Å². The summed E-state index contributed by atoms with van der Waals surface area (Å²) in [5.74, 6) is 0.360. The first-order valence-corrected chi connectivity index (χ1v) is 7.45. The molecule has 0 aromatic carbocycles. The number of H-pyrrole nitrogens is 2. The Bertz CT molecular complexity index is 803. The lowest BCUT2D eigenvalue weighted by atomic mass is 10.1. The third-order valence-corrected chi connectivity index (χ3v) is 3.59. The van der Waals surface area contributed by atoms with Crippen molar-refractivity contribution < 1.29 is 4.79 Å². The van der Waals surface area contributed by atoms with Crippen molar-refractivity contribution in [3.05, 3.63) is 44.2 Å². The van der Waals surface area contributed by atoms with Crippen molar-refractivity contribution in [3.63, 3.8) is 0 Å². The van der Waals surface area contributed by atoms with Gasteiger partial charge in [-0.2, -0.15) is 5.10 Å². The minimum absolute atomic E-state index is 0.116. The molecule has 2 aromatic rings. The molecule has 0 aliphatic rings. The largest absolute Gasteiger partial charge is 0.346 e. The lowest BCUT2D eigenvalue weighted by Gasteiger charge is -2.17. The number of aromatic nitrogens is 5. The van der Waals surface area contributed by atoms with E-state index in [1.807, 2.05) is 13.8 Å². The molecule has 0 aliphatic heterocycles. The molecule has 2 rings (SSSR count). The predicted octanol–water partition coefficient (Wildman–Crippen LogP) is -0.207. The Morgan fingerprint density at radius 1 is 1.35 bits per heavy atom. The summed E-state index contributed by atoms with van der Waals surface area (Å²) in [4.78, 5) is 44.0. The Hall–Kier alpha value is -2.71. The highest BCUT2D eigenvalue weighted by molar-refractivity contribution is 5.79. The number of nitrogens with one attached hydrogen (secondary N) is 3. The molecule has 1 atom stereocenters. The van der Waals surface area contributed by atoms with Gasteiger partial charge in [0.2, 0.25) is 5.91 Å². The highest BCUT2D eigenvalue weighted by Gasteiger charge is 2.19. The second kappa shape index (κ2) is 7.03. The molecule has 0 radical (unpaired) electrons. The average molecular weight is 320 g/mol. The van der Waals surface area contributed by atoms with E-state index in [0.717, 1.165) is 0 Å². The number of hydrogen-bond acceptors (Lipinski definition) is 5. The zero-order valence-electron chi connectivity index (χ0n) is 13.3. The summed E-state index contributed by atoms with van der Waals surface area (Å²) in [6.45, 7) is 6.11. The normalized spacial score (nSPS) is 12.1. The van der Waals surface area contributed by atoms with Gasteiger partial charge in [-0.1, -0.05) is 6.92 Å². The number of carbonyl (C=O) groups is 1. The summed E-state index contributed by atoms with van der Waals surface area (Å²) < 4.78 is 1.71. The number of hydrogen-bond donors (Lipinski definition) is 3. The van der Waals surface area contributed by atoms with E-state index in [-0.39, 0.29) is 23.9 Å². The van der Waals surface area contributed by atoms with Gasteiger partial charge in [0.25, 0.3) is 5.56 Å². The molecule has 2 aromatic heterocycles. The molecule has 0 aliphatic carbocycles. The van der Waals surface area contributed by atoms with Gasteiger partial charge in [-0.3, -0.25) is 14.6 Å². The van der Waals surface area contributed by atoms with Crippen molar-refractivity contribution in [2.45, 2.75) is 46.2 Å². The highest BCUT2D eigenvalue weighted by atomic mass is 16.2. The maximum atomic E-state index is 12.3. The van der Waals surface area contributed by atoms with E-state index >= 15 is 0 Å². The Morgan fingerprint density at radius 3 is 2.70 bits per heavy atom. The highest BCUT2D eigenvalue weighted by Crippen LogP contribution is 2.13. The number of nitrogens with zero attached hydrogens (tertiary/aromatic N) is 3. The van der Waals surface area contributed by atoms with E-state index in [2.05, 4.69) is 25.4 Å². The molecule has 0 unspecified atom stereocenters. The third kappa shape index (κ3) is 3.74. The molecule has 124 valence electrons. The minimum Gasteiger partial charge on any atom is -0.346 e. The SMILES string of the molecule is CC[C@H](NC(=O)Cc1c(C)[nH]c(=O)[nH]c1=O)c1ncnn1CC. The lowest BCUT2D eigenvalue weighted by molar-refractivity contribution is -0.121. The van der Waals surface area contributed by atoms with E-state index in [1.54, 1.807) is 11.6 Å². The monoisotopic (exact) mass is 320 g/mol. The van der Waals surface area contributed by atoms with E-state index in [9.17, 15) is 14.4 Å². The molecular weight excluding hydrogens is 300 g/mol. The fourth-order valence-corrected chi connectivity index (χ4v) is 2.38. The quantitative estimate of drug-likeness (QED) is 0.679. The van der Waals surface area contributed by atoms with Gasteiger partial charge in [-0.15, -0.1) is 0 Å². The third-order valence-electron chi connectivity index (χ3n) is 3.59. The van der Waals surface area contributed by atoms with Crippen LogP contribution in [0.25, 0.3) is 0 Å². The van der Waals surface area contributed by atoms with Crippen LogP contribution in [0, 0.1) is 6.92 Å². The molecule has 2 heterocycles. The molecule has 1 amide bonds. The smallest absolute Gasteiger partial charge is 0.325 e. The summed E-state index contributed by atoms with van der Waals surface area (Å²) in [6, 6.07) is -0.285. The molecule has 0 bridgehead atoms. The fourth-order valence-electron chi connectivity index (χ4n) is 2.38. The first-order chi connectivity index (χ1) is 11.0.